The van der Waals surface area contributed by atoms with Gasteiger partial charge >= 0.3 is 12.0 Å². The molecule has 0 saturated carbocycles. The highest BCUT2D eigenvalue weighted by molar-refractivity contribution is 5.75. The van der Waals surface area contributed by atoms with E-state index in [0.29, 0.717) is 31.8 Å². The number of nitrogens with one attached hydrogen (secondary N) is 1. The molecule has 2 N–H and O–H groups in total. The minimum absolute atomic E-state index is 0.0277. The number of carboxylic acid groups (broad SMARTS) is 1. The summed E-state index contributed by atoms with van der Waals surface area (Å²) in [5.41, 5.74) is 3.24. The van der Waals surface area contributed by atoms with E-state index in [2.05, 4.69) is 23.7 Å². The van der Waals surface area contributed by atoms with Gasteiger partial charge in [0, 0.05) is 44.1 Å². The molecule has 1 aliphatic rings. The Morgan fingerprint density at radius 2 is 1.97 bits per heavy atom. The van der Waals surface area contributed by atoms with Gasteiger partial charge in [-0.3, -0.25) is 4.79 Å². The first kappa shape index (κ1) is 20.9. The predicted molar refractivity (Wildman–Crippen MR) is 111 cm³/mol. The van der Waals surface area contributed by atoms with Crippen molar-refractivity contribution in [2.75, 3.05) is 6.54 Å². The van der Waals surface area contributed by atoms with Gasteiger partial charge in [0.1, 0.15) is 5.82 Å². The van der Waals surface area contributed by atoms with Crippen molar-refractivity contribution < 1.29 is 14.7 Å². The quantitative estimate of drug-likeness (QED) is 0.750. The number of carbonyl (C=O) groups excluding carboxylic acids is 1. The molecular weight excluding hydrogens is 368 g/mol. The Morgan fingerprint density at radius 1 is 1.24 bits per heavy atom. The van der Waals surface area contributed by atoms with Gasteiger partial charge in [-0.05, 0) is 18.4 Å². The molecule has 0 bridgehead atoms. The third-order valence-electron chi connectivity index (χ3n) is 5.45. The topological polar surface area (TPSA) is 87.5 Å². The molecular formula is C22H30N4O3. The Bertz CT molecular complexity index is 860. The molecule has 1 atom stereocenters. The molecule has 0 fully saturated rings. The van der Waals surface area contributed by atoms with Crippen molar-refractivity contribution in [1.82, 2.24) is 19.8 Å². The first-order valence-corrected chi connectivity index (χ1v) is 10.2. The highest BCUT2D eigenvalue weighted by atomic mass is 16.4. The fraction of sp³-hybridized carbons (Fsp3) is 0.500. The summed E-state index contributed by atoms with van der Waals surface area (Å²) in [6.07, 6.45) is 1.81. The van der Waals surface area contributed by atoms with E-state index in [-0.39, 0.29) is 18.5 Å². The zero-order chi connectivity index (χ0) is 21.0. The molecule has 0 saturated heterocycles. The number of fused-ring (bicyclic) bond motifs is 1. The molecule has 0 spiro atoms. The first-order chi connectivity index (χ1) is 13.8. The van der Waals surface area contributed by atoms with Crippen LogP contribution in [0.4, 0.5) is 4.79 Å². The molecule has 1 unspecified atom stereocenters. The van der Waals surface area contributed by atoms with Crippen LogP contribution in [0.25, 0.3) is 0 Å². The summed E-state index contributed by atoms with van der Waals surface area (Å²) in [5, 5.41) is 12.1. The van der Waals surface area contributed by atoms with Crippen molar-refractivity contribution in [2.24, 2.45) is 7.05 Å². The third-order valence-corrected chi connectivity index (χ3v) is 5.45. The van der Waals surface area contributed by atoms with E-state index in [9.17, 15) is 9.59 Å². The van der Waals surface area contributed by atoms with Gasteiger partial charge in [0.25, 0.3) is 0 Å². The number of nitrogens with zero attached hydrogens (tertiary/aromatic N) is 3. The smallest absolute Gasteiger partial charge is 0.317 e. The monoisotopic (exact) mass is 398 g/mol. The molecule has 29 heavy (non-hydrogen) atoms. The van der Waals surface area contributed by atoms with E-state index in [0.717, 1.165) is 23.5 Å². The lowest BCUT2D eigenvalue weighted by Gasteiger charge is -2.29. The summed E-state index contributed by atoms with van der Waals surface area (Å²) in [6, 6.07) is 9.45. The molecule has 0 radical (unpaired) electrons. The van der Waals surface area contributed by atoms with Crippen LogP contribution < -0.4 is 5.32 Å². The van der Waals surface area contributed by atoms with E-state index in [1.165, 1.54) is 5.69 Å². The molecule has 2 aromatic rings. The van der Waals surface area contributed by atoms with E-state index in [4.69, 9.17) is 10.1 Å². The predicted octanol–water partition coefficient (Wildman–Crippen LogP) is 3.09. The maximum absolute atomic E-state index is 12.9. The minimum atomic E-state index is -0.852. The van der Waals surface area contributed by atoms with Crippen LogP contribution in [-0.4, -0.2) is 44.1 Å². The zero-order valence-corrected chi connectivity index (χ0v) is 17.4. The zero-order valence-electron chi connectivity index (χ0n) is 17.4. The molecule has 0 aliphatic carbocycles. The molecule has 156 valence electrons. The summed E-state index contributed by atoms with van der Waals surface area (Å²) >= 11 is 0. The average molecular weight is 399 g/mol. The number of aromatic nitrogens is 2. The molecule has 7 heteroatoms. The van der Waals surface area contributed by atoms with Gasteiger partial charge in [-0.25, -0.2) is 9.78 Å². The van der Waals surface area contributed by atoms with Crippen LogP contribution in [0.1, 0.15) is 55.4 Å². The van der Waals surface area contributed by atoms with Crippen LogP contribution in [0.3, 0.4) is 0 Å². The second-order valence-corrected chi connectivity index (χ2v) is 8.02. The molecule has 2 amide bonds. The maximum atomic E-state index is 12.9. The van der Waals surface area contributed by atoms with Crippen LogP contribution >= 0.6 is 0 Å². The number of carbonyl (C=O) groups is 2. The number of aliphatic carboxylic acids is 1. The Kier molecular flexibility index (Phi) is 6.56. The first-order valence-electron chi connectivity index (χ1n) is 10.2. The van der Waals surface area contributed by atoms with Crippen molar-refractivity contribution in [2.45, 2.75) is 58.0 Å². The summed E-state index contributed by atoms with van der Waals surface area (Å²) < 4.78 is 2.15. The van der Waals surface area contributed by atoms with E-state index < -0.39 is 5.97 Å². The number of rotatable bonds is 7. The van der Waals surface area contributed by atoms with E-state index >= 15 is 0 Å². The van der Waals surface area contributed by atoms with Gasteiger partial charge in [-0.15, -0.1) is 0 Å². The minimum Gasteiger partial charge on any atom is -0.481 e. The molecule has 1 aromatic heterocycles. The molecule has 3 rings (SSSR count). The van der Waals surface area contributed by atoms with Crippen LogP contribution in [0, 0.1) is 0 Å². The Balaban J connectivity index is 1.67. The number of urea groups is 1. The standard InChI is InChI=1S/C22H30N4O3/c1-15(2)21-24-18-14-26(12-11-19(18)25(21)3)22(29)23-17(9-10-20(27)28)13-16-7-5-4-6-8-16/h4-8,15,17H,9-14H2,1-3H3,(H,23,29)(H,27,28). The summed E-state index contributed by atoms with van der Waals surface area (Å²) in [4.78, 5) is 30.5. The van der Waals surface area contributed by atoms with Crippen LogP contribution in [-0.2, 0) is 31.2 Å². The largest absolute Gasteiger partial charge is 0.481 e. The fourth-order valence-corrected chi connectivity index (χ4v) is 3.93. The van der Waals surface area contributed by atoms with Gasteiger partial charge in [-0.2, -0.15) is 0 Å². The molecule has 2 heterocycles. The van der Waals surface area contributed by atoms with E-state index in [1.807, 2.05) is 37.4 Å². The van der Waals surface area contributed by atoms with E-state index in [1.54, 1.807) is 4.90 Å². The van der Waals surface area contributed by atoms with Gasteiger partial charge in [0.15, 0.2) is 0 Å². The fourth-order valence-electron chi connectivity index (χ4n) is 3.93. The van der Waals surface area contributed by atoms with Crippen LogP contribution in [0.5, 0.6) is 0 Å². The Hall–Kier alpha value is -2.83. The number of hydrogen-bond donors (Lipinski definition) is 2. The Morgan fingerprint density at radius 3 is 2.62 bits per heavy atom. The summed E-state index contributed by atoms with van der Waals surface area (Å²) in [5.74, 6) is 0.523. The Labute approximate surface area is 171 Å². The number of carboxylic acids is 1. The normalized spacial score (nSPS) is 14.6. The van der Waals surface area contributed by atoms with Crippen LogP contribution in [0.2, 0.25) is 0 Å². The van der Waals surface area contributed by atoms with Crippen molar-refractivity contribution in [3.63, 3.8) is 0 Å². The average Bonchev–Trinajstić information content (AvgIpc) is 3.03. The maximum Gasteiger partial charge on any atom is 0.317 e. The molecule has 1 aliphatic heterocycles. The summed E-state index contributed by atoms with van der Waals surface area (Å²) in [7, 11) is 2.04. The number of amides is 2. The lowest BCUT2D eigenvalue weighted by molar-refractivity contribution is -0.137. The van der Waals surface area contributed by atoms with Crippen molar-refractivity contribution in [3.8, 4) is 0 Å². The van der Waals surface area contributed by atoms with Crippen LogP contribution in [0.15, 0.2) is 30.3 Å². The van der Waals surface area contributed by atoms with Crippen molar-refractivity contribution in [1.29, 1.82) is 0 Å². The lowest BCUT2D eigenvalue weighted by atomic mass is 10.0. The number of benzene rings is 1. The number of hydrogen-bond acceptors (Lipinski definition) is 3. The molecule has 1 aromatic carbocycles. The van der Waals surface area contributed by atoms with Gasteiger partial charge in [-0.1, -0.05) is 44.2 Å². The van der Waals surface area contributed by atoms with Gasteiger partial charge < -0.3 is 19.9 Å². The van der Waals surface area contributed by atoms with Crippen molar-refractivity contribution >= 4 is 12.0 Å². The van der Waals surface area contributed by atoms with Crippen molar-refractivity contribution in [3.05, 3.63) is 53.1 Å². The highest BCUT2D eigenvalue weighted by Crippen LogP contribution is 2.23. The van der Waals surface area contributed by atoms with Gasteiger partial charge in [0.2, 0.25) is 0 Å². The second-order valence-electron chi connectivity index (χ2n) is 8.02. The molecule has 7 nitrogen and oxygen atoms in total. The number of imidazole rings is 1. The highest BCUT2D eigenvalue weighted by Gasteiger charge is 2.27. The SMILES string of the molecule is CC(C)c1nc2c(n1C)CCN(C(=O)NC(CCC(=O)O)Cc1ccccc1)C2. The second kappa shape index (κ2) is 9.11. The third kappa shape index (κ3) is 5.16. The lowest BCUT2D eigenvalue weighted by Crippen LogP contribution is -2.47. The summed E-state index contributed by atoms with van der Waals surface area (Å²) in [6.45, 7) is 5.36. The van der Waals surface area contributed by atoms with Gasteiger partial charge in [0.05, 0.1) is 12.2 Å².